The fourth-order valence-electron chi connectivity index (χ4n) is 3.90. The van der Waals surface area contributed by atoms with Gasteiger partial charge >= 0.3 is 0 Å². The summed E-state index contributed by atoms with van der Waals surface area (Å²) in [6.07, 6.45) is 2.77. The van der Waals surface area contributed by atoms with E-state index in [1.165, 1.54) is 5.56 Å². The summed E-state index contributed by atoms with van der Waals surface area (Å²) in [6, 6.07) is 18.0. The van der Waals surface area contributed by atoms with Crippen molar-refractivity contribution in [3.8, 4) is 11.8 Å². The molecule has 6 heteroatoms. The molecule has 1 saturated heterocycles. The van der Waals surface area contributed by atoms with Crippen molar-refractivity contribution in [3.63, 3.8) is 0 Å². The first kappa shape index (κ1) is 20.1. The van der Waals surface area contributed by atoms with Gasteiger partial charge in [-0.15, -0.1) is 0 Å². The highest BCUT2D eigenvalue weighted by atomic mass is 16.5. The van der Waals surface area contributed by atoms with Crippen LogP contribution in [0.4, 0.5) is 0 Å². The summed E-state index contributed by atoms with van der Waals surface area (Å²) in [5.74, 6) is 2.52. The van der Waals surface area contributed by atoms with Gasteiger partial charge in [-0.05, 0) is 61.7 Å². The van der Waals surface area contributed by atoms with Gasteiger partial charge < -0.3 is 9.26 Å². The molecule has 1 aromatic heterocycles. The number of aromatic nitrogens is 2. The summed E-state index contributed by atoms with van der Waals surface area (Å²) in [6.45, 7) is 5.33. The zero-order valence-corrected chi connectivity index (χ0v) is 17.3. The van der Waals surface area contributed by atoms with E-state index >= 15 is 0 Å². The first-order valence-electron chi connectivity index (χ1n) is 10.4. The summed E-state index contributed by atoms with van der Waals surface area (Å²) in [4.78, 5) is 7.02. The van der Waals surface area contributed by atoms with Crippen molar-refractivity contribution in [2.24, 2.45) is 0 Å². The number of hydrogen-bond donors (Lipinski definition) is 0. The van der Waals surface area contributed by atoms with Crippen LogP contribution in [0, 0.1) is 18.3 Å². The Morgan fingerprint density at radius 3 is 3.00 bits per heavy atom. The largest absolute Gasteiger partial charge is 0.493 e. The molecule has 2 heterocycles. The first-order chi connectivity index (χ1) is 14.7. The summed E-state index contributed by atoms with van der Waals surface area (Å²) in [7, 11) is 0. The van der Waals surface area contributed by atoms with Crippen molar-refractivity contribution in [1.82, 2.24) is 15.0 Å². The van der Waals surface area contributed by atoms with Crippen LogP contribution in [-0.2, 0) is 13.0 Å². The second kappa shape index (κ2) is 9.55. The van der Waals surface area contributed by atoms with Crippen LogP contribution in [0.2, 0.25) is 0 Å². The highest BCUT2D eigenvalue weighted by Crippen LogP contribution is 2.27. The summed E-state index contributed by atoms with van der Waals surface area (Å²) in [5.41, 5.74) is 3.04. The van der Waals surface area contributed by atoms with Gasteiger partial charge in [0, 0.05) is 19.5 Å². The molecule has 0 aliphatic carbocycles. The number of piperidine rings is 1. The van der Waals surface area contributed by atoms with E-state index in [2.05, 4.69) is 27.2 Å². The third kappa shape index (κ3) is 5.25. The van der Waals surface area contributed by atoms with Crippen LogP contribution in [0.5, 0.6) is 5.75 Å². The lowest BCUT2D eigenvalue weighted by Crippen LogP contribution is -2.34. The van der Waals surface area contributed by atoms with Crippen LogP contribution >= 0.6 is 0 Å². The van der Waals surface area contributed by atoms with E-state index in [9.17, 15) is 0 Å². The third-order valence-electron chi connectivity index (χ3n) is 5.38. The molecule has 1 aliphatic heterocycles. The van der Waals surface area contributed by atoms with E-state index in [-0.39, 0.29) is 5.92 Å². The topological polar surface area (TPSA) is 75.2 Å². The van der Waals surface area contributed by atoms with E-state index < -0.39 is 0 Å². The molecule has 1 fully saturated rings. The van der Waals surface area contributed by atoms with Gasteiger partial charge in [0.1, 0.15) is 5.75 Å². The maximum atomic E-state index is 9.10. The van der Waals surface area contributed by atoms with Gasteiger partial charge in [0.15, 0.2) is 5.82 Å². The molecule has 1 atom stereocenters. The van der Waals surface area contributed by atoms with Gasteiger partial charge in [0.25, 0.3) is 0 Å². The quantitative estimate of drug-likeness (QED) is 0.588. The Morgan fingerprint density at radius 2 is 2.13 bits per heavy atom. The van der Waals surface area contributed by atoms with Crippen molar-refractivity contribution in [2.45, 2.75) is 38.6 Å². The van der Waals surface area contributed by atoms with Crippen LogP contribution in [-0.4, -0.2) is 34.7 Å². The molecular weight excluding hydrogens is 376 g/mol. The number of benzene rings is 2. The molecule has 3 aromatic rings. The average molecular weight is 402 g/mol. The summed E-state index contributed by atoms with van der Waals surface area (Å²) < 4.78 is 11.4. The number of aryl methyl sites for hydroxylation is 1. The predicted octanol–water partition coefficient (Wildman–Crippen LogP) is 4.25. The van der Waals surface area contributed by atoms with Gasteiger partial charge in [-0.3, -0.25) is 4.90 Å². The molecule has 154 valence electrons. The Kier molecular flexibility index (Phi) is 6.41. The fourth-order valence-corrected chi connectivity index (χ4v) is 3.90. The van der Waals surface area contributed by atoms with Gasteiger partial charge in [-0.2, -0.15) is 10.2 Å². The zero-order valence-electron chi connectivity index (χ0n) is 17.3. The molecule has 0 bridgehead atoms. The lowest BCUT2D eigenvalue weighted by molar-refractivity contribution is 0.180. The van der Waals surface area contributed by atoms with Crippen LogP contribution in [0.3, 0.4) is 0 Å². The first-order valence-corrected chi connectivity index (χ1v) is 10.4. The summed E-state index contributed by atoms with van der Waals surface area (Å²) in [5, 5.41) is 13.3. The Hall–Kier alpha value is -3.17. The smallest absolute Gasteiger partial charge is 0.231 e. The molecular formula is C24H26N4O2. The molecule has 0 amide bonds. The highest BCUT2D eigenvalue weighted by Gasteiger charge is 2.26. The van der Waals surface area contributed by atoms with Crippen molar-refractivity contribution in [2.75, 3.05) is 19.7 Å². The van der Waals surface area contributed by atoms with Gasteiger partial charge in [-0.25, -0.2) is 0 Å². The number of likely N-dealkylation sites (tertiary alicyclic amines) is 1. The molecule has 1 unspecified atom stereocenters. The maximum Gasteiger partial charge on any atom is 0.231 e. The highest BCUT2D eigenvalue weighted by molar-refractivity contribution is 5.32. The van der Waals surface area contributed by atoms with E-state index in [1.54, 1.807) is 0 Å². The number of nitriles is 1. The van der Waals surface area contributed by atoms with E-state index in [1.807, 2.05) is 49.4 Å². The molecule has 0 N–H and O–H groups in total. The normalized spacial score (nSPS) is 16.9. The number of hydrogen-bond acceptors (Lipinski definition) is 6. The van der Waals surface area contributed by atoms with Crippen molar-refractivity contribution < 1.29 is 9.26 Å². The zero-order chi connectivity index (χ0) is 20.8. The van der Waals surface area contributed by atoms with Gasteiger partial charge in [0.2, 0.25) is 5.89 Å². The Bertz CT molecular complexity index is 1020. The summed E-state index contributed by atoms with van der Waals surface area (Å²) >= 11 is 0. The van der Waals surface area contributed by atoms with Crippen LogP contribution < -0.4 is 4.74 Å². The number of ether oxygens (including phenoxy) is 1. The van der Waals surface area contributed by atoms with Crippen LogP contribution in [0.15, 0.2) is 53.1 Å². The number of rotatable bonds is 7. The predicted molar refractivity (Wildman–Crippen MR) is 113 cm³/mol. The molecule has 0 radical (unpaired) electrons. The Morgan fingerprint density at radius 1 is 1.23 bits per heavy atom. The van der Waals surface area contributed by atoms with Crippen LogP contribution in [0.1, 0.15) is 47.2 Å². The molecule has 30 heavy (non-hydrogen) atoms. The molecule has 6 nitrogen and oxygen atoms in total. The Balaban J connectivity index is 1.30. The van der Waals surface area contributed by atoms with Crippen molar-refractivity contribution in [3.05, 3.63) is 76.9 Å². The molecule has 2 aromatic carbocycles. The lowest BCUT2D eigenvalue weighted by Gasteiger charge is -2.30. The van der Waals surface area contributed by atoms with E-state index in [0.717, 1.165) is 49.7 Å². The molecule has 0 spiro atoms. The maximum absolute atomic E-state index is 9.10. The second-order valence-electron chi connectivity index (χ2n) is 7.85. The lowest BCUT2D eigenvalue weighted by atomic mass is 9.97. The van der Waals surface area contributed by atoms with Gasteiger partial charge in [0.05, 0.1) is 24.2 Å². The second-order valence-corrected chi connectivity index (χ2v) is 7.85. The minimum Gasteiger partial charge on any atom is -0.493 e. The minimum absolute atomic E-state index is 0.247. The average Bonchev–Trinajstić information content (AvgIpc) is 3.23. The monoisotopic (exact) mass is 402 g/mol. The minimum atomic E-state index is 0.247. The molecule has 0 saturated carbocycles. The Labute approximate surface area is 177 Å². The third-order valence-corrected chi connectivity index (χ3v) is 5.38. The van der Waals surface area contributed by atoms with E-state index in [0.29, 0.717) is 24.4 Å². The molecule has 1 aliphatic rings. The molecule has 4 rings (SSSR count). The van der Waals surface area contributed by atoms with E-state index in [4.69, 9.17) is 14.5 Å². The standard InChI is InChI=1S/C24H26N4O2/c1-18-5-2-9-22(13-18)29-12-10-23-26-24(30-27-23)21-8-4-11-28(17-21)16-20-7-3-6-19(14-20)15-25/h2-3,5-7,9,13-14,21H,4,8,10-12,16-17H2,1H3. The fraction of sp³-hybridized carbons (Fsp3) is 0.375. The van der Waals surface area contributed by atoms with Gasteiger partial charge in [-0.1, -0.05) is 29.4 Å². The van der Waals surface area contributed by atoms with Crippen LogP contribution in [0.25, 0.3) is 0 Å². The SMILES string of the molecule is Cc1cccc(OCCc2noc(C3CCCN(Cc4cccc(C#N)c4)C3)n2)c1. The number of nitrogens with zero attached hydrogens (tertiary/aromatic N) is 4. The van der Waals surface area contributed by atoms with Crippen molar-refractivity contribution >= 4 is 0 Å². The van der Waals surface area contributed by atoms with Crippen molar-refractivity contribution in [1.29, 1.82) is 5.26 Å².